The molecule has 0 aliphatic carbocycles. The van der Waals surface area contributed by atoms with Crippen LogP contribution in [0.1, 0.15) is 35.0 Å². The Hall–Kier alpha value is -2.05. The van der Waals surface area contributed by atoms with Crippen molar-refractivity contribution in [3.8, 4) is 0 Å². The maximum Gasteiger partial charge on any atom is 0.291 e. The predicted molar refractivity (Wildman–Crippen MR) is 96.4 cm³/mol. The lowest BCUT2D eigenvalue weighted by molar-refractivity contribution is -0.129. The van der Waals surface area contributed by atoms with Crippen molar-refractivity contribution in [1.29, 1.82) is 0 Å². The van der Waals surface area contributed by atoms with Crippen molar-refractivity contribution in [1.82, 2.24) is 5.01 Å². The van der Waals surface area contributed by atoms with E-state index >= 15 is 0 Å². The van der Waals surface area contributed by atoms with Gasteiger partial charge in [-0.2, -0.15) is 10.1 Å². The molecular formula is C18H16ClFN2O2S. The average molecular weight is 379 g/mol. The van der Waals surface area contributed by atoms with Gasteiger partial charge in [0.05, 0.1) is 16.5 Å². The summed E-state index contributed by atoms with van der Waals surface area (Å²) in [6.07, 6.45) is 1.43. The van der Waals surface area contributed by atoms with E-state index in [0.29, 0.717) is 17.0 Å². The summed E-state index contributed by atoms with van der Waals surface area (Å²) >= 11 is 7.34. The van der Waals surface area contributed by atoms with Crippen LogP contribution in [0.5, 0.6) is 0 Å². The summed E-state index contributed by atoms with van der Waals surface area (Å²) in [5.41, 5.74) is 0.869. The van der Waals surface area contributed by atoms with Crippen molar-refractivity contribution in [3.63, 3.8) is 0 Å². The molecule has 0 N–H and O–H groups in total. The van der Waals surface area contributed by atoms with E-state index in [1.54, 1.807) is 23.6 Å². The fourth-order valence-electron chi connectivity index (χ4n) is 2.80. The van der Waals surface area contributed by atoms with Gasteiger partial charge in [-0.05, 0) is 36.4 Å². The van der Waals surface area contributed by atoms with Crippen LogP contribution in [-0.4, -0.2) is 22.5 Å². The number of amides is 2. The summed E-state index contributed by atoms with van der Waals surface area (Å²) in [4.78, 5) is 25.7. The first-order valence-corrected chi connectivity index (χ1v) is 9.20. The number of imide groups is 1. The molecular weight excluding hydrogens is 363 g/mol. The lowest BCUT2D eigenvalue weighted by Gasteiger charge is -2.14. The highest BCUT2D eigenvalue weighted by atomic mass is 35.5. The van der Waals surface area contributed by atoms with E-state index in [0.717, 1.165) is 11.4 Å². The van der Waals surface area contributed by atoms with Crippen molar-refractivity contribution >= 4 is 40.5 Å². The Bertz CT molecular complexity index is 815. The molecule has 0 bridgehead atoms. The maximum absolute atomic E-state index is 14.1. The standard InChI is InChI=1S/C18H16ClFN2O2S/c1-2-5-15-12(10-11-13(19)6-3-7-14(11)20)17(23)22(21-15)18(24)16-8-4-9-25-16/h3-4,6-9,12H,2,5,10H2,1H3/t12-/m1/s1. The Morgan fingerprint density at radius 2 is 2.16 bits per heavy atom. The van der Waals surface area contributed by atoms with Crippen LogP contribution in [0, 0.1) is 11.7 Å². The van der Waals surface area contributed by atoms with Crippen LogP contribution in [0.4, 0.5) is 4.39 Å². The number of carbonyl (C=O) groups is 2. The van der Waals surface area contributed by atoms with E-state index in [-0.39, 0.29) is 17.0 Å². The Kier molecular flexibility index (Phi) is 5.30. The molecule has 2 aromatic rings. The molecule has 0 saturated carbocycles. The lowest BCUT2D eigenvalue weighted by atomic mass is 9.92. The highest BCUT2D eigenvalue weighted by molar-refractivity contribution is 7.12. The summed E-state index contributed by atoms with van der Waals surface area (Å²) in [6, 6.07) is 7.81. The Morgan fingerprint density at radius 3 is 2.80 bits per heavy atom. The molecule has 1 aliphatic rings. The fourth-order valence-corrected chi connectivity index (χ4v) is 3.69. The van der Waals surface area contributed by atoms with Crippen molar-refractivity contribution in [2.75, 3.05) is 0 Å². The molecule has 25 heavy (non-hydrogen) atoms. The van der Waals surface area contributed by atoms with Gasteiger partial charge in [0, 0.05) is 10.6 Å². The molecule has 1 aromatic heterocycles. The van der Waals surface area contributed by atoms with Gasteiger partial charge in [-0.15, -0.1) is 11.3 Å². The lowest BCUT2D eigenvalue weighted by Crippen LogP contribution is -2.33. The topological polar surface area (TPSA) is 49.7 Å². The van der Waals surface area contributed by atoms with E-state index in [1.165, 1.54) is 23.5 Å². The zero-order chi connectivity index (χ0) is 18.0. The number of carbonyl (C=O) groups excluding carboxylic acids is 2. The Labute approximate surface area is 153 Å². The van der Waals surface area contributed by atoms with Gasteiger partial charge in [-0.3, -0.25) is 9.59 Å². The van der Waals surface area contributed by atoms with Crippen LogP contribution in [0.2, 0.25) is 5.02 Å². The summed E-state index contributed by atoms with van der Waals surface area (Å²) in [5.74, 6) is -2.01. The van der Waals surface area contributed by atoms with Gasteiger partial charge in [0.15, 0.2) is 0 Å². The third-order valence-corrected chi connectivity index (χ3v) is 5.25. The Morgan fingerprint density at radius 1 is 1.36 bits per heavy atom. The summed E-state index contributed by atoms with van der Waals surface area (Å²) in [5, 5.41) is 7.19. The van der Waals surface area contributed by atoms with Crippen LogP contribution in [0.25, 0.3) is 0 Å². The van der Waals surface area contributed by atoms with Crippen LogP contribution >= 0.6 is 22.9 Å². The molecule has 0 spiro atoms. The molecule has 0 saturated heterocycles. The van der Waals surface area contributed by atoms with Crippen molar-refractivity contribution < 1.29 is 14.0 Å². The predicted octanol–water partition coefficient (Wildman–Crippen LogP) is 4.54. The zero-order valence-electron chi connectivity index (χ0n) is 13.5. The highest BCUT2D eigenvalue weighted by Gasteiger charge is 2.39. The summed E-state index contributed by atoms with van der Waals surface area (Å²) in [6.45, 7) is 1.96. The number of halogens is 2. The molecule has 1 aliphatic heterocycles. The van der Waals surface area contributed by atoms with Crippen molar-refractivity contribution in [2.45, 2.75) is 26.2 Å². The maximum atomic E-state index is 14.1. The molecule has 0 radical (unpaired) electrons. The first-order valence-electron chi connectivity index (χ1n) is 7.95. The van der Waals surface area contributed by atoms with E-state index in [9.17, 15) is 14.0 Å². The fraction of sp³-hybridized carbons (Fsp3) is 0.278. The number of rotatable bonds is 5. The Balaban J connectivity index is 1.90. The van der Waals surface area contributed by atoms with Crippen molar-refractivity contribution in [3.05, 3.63) is 57.0 Å². The molecule has 2 heterocycles. The molecule has 3 rings (SSSR count). The van der Waals surface area contributed by atoms with E-state index < -0.39 is 23.5 Å². The van der Waals surface area contributed by atoms with Crippen LogP contribution in [0.15, 0.2) is 40.8 Å². The first-order chi connectivity index (χ1) is 12.0. The quantitative estimate of drug-likeness (QED) is 0.717. The number of benzene rings is 1. The molecule has 1 atom stereocenters. The molecule has 1 aromatic carbocycles. The average Bonchev–Trinajstić information content (AvgIpc) is 3.21. The second kappa shape index (κ2) is 7.45. The van der Waals surface area contributed by atoms with E-state index in [1.807, 2.05) is 6.92 Å². The van der Waals surface area contributed by atoms with Gasteiger partial charge in [-0.25, -0.2) is 4.39 Å². The van der Waals surface area contributed by atoms with Crippen LogP contribution in [-0.2, 0) is 11.2 Å². The monoisotopic (exact) mass is 378 g/mol. The number of thiophene rings is 1. The van der Waals surface area contributed by atoms with Crippen LogP contribution < -0.4 is 0 Å². The second-order valence-electron chi connectivity index (χ2n) is 5.73. The minimum atomic E-state index is -0.668. The number of hydrazone groups is 1. The van der Waals surface area contributed by atoms with Crippen LogP contribution in [0.3, 0.4) is 0 Å². The number of nitrogens with zero attached hydrogens (tertiary/aromatic N) is 2. The highest BCUT2D eigenvalue weighted by Crippen LogP contribution is 2.29. The molecule has 0 unspecified atom stereocenters. The zero-order valence-corrected chi connectivity index (χ0v) is 15.1. The van der Waals surface area contributed by atoms with Gasteiger partial charge < -0.3 is 0 Å². The summed E-state index contributed by atoms with van der Waals surface area (Å²) in [7, 11) is 0. The third-order valence-electron chi connectivity index (χ3n) is 4.04. The van der Waals surface area contributed by atoms with Gasteiger partial charge in [0.2, 0.25) is 0 Å². The van der Waals surface area contributed by atoms with Gasteiger partial charge in [-0.1, -0.05) is 37.1 Å². The van der Waals surface area contributed by atoms with Gasteiger partial charge in [0.25, 0.3) is 11.8 Å². The van der Waals surface area contributed by atoms with Gasteiger partial charge >= 0.3 is 0 Å². The minimum absolute atomic E-state index is 0.0946. The van der Waals surface area contributed by atoms with Crippen molar-refractivity contribution in [2.24, 2.45) is 11.0 Å². The van der Waals surface area contributed by atoms with E-state index in [2.05, 4.69) is 5.10 Å². The molecule has 0 fully saturated rings. The minimum Gasteiger partial charge on any atom is -0.272 e. The number of hydrogen-bond acceptors (Lipinski definition) is 4. The molecule has 2 amide bonds. The third kappa shape index (κ3) is 3.50. The molecule has 7 heteroatoms. The smallest absolute Gasteiger partial charge is 0.272 e. The number of hydrogen-bond donors (Lipinski definition) is 0. The largest absolute Gasteiger partial charge is 0.291 e. The normalized spacial score (nSPS) is 17.1. The SMILES string of the molecule is CCCC1=NN(C(=O)c2cccs2)C(=O)[C@@H]1Cc1c(F)cccc1Cl. The summed E-state index contributed by atoms with van der Waals surface area (Å²) < 4.78 is 14.1. The van der Waals surface area contributed by atoms with E-state index in [4.69, 9.17) is 11.6 Å². The molecule has 130 valence electrons. The second-order valence-corrected chi connectivity index (χ2v) is 7.09. The first kappa shape index (κ1) is 17.8. The molecule has 4 nitrogen and oxygen atoms in total. The van der Waals surface area contributed by atoms with Gasteiger partial charge in [0.1, 0.15) is 5.82 Å².